The number of ketones is 1. The molecule has 5 aliphatic heterocycles. The summed E-state index contributed by atoms with van der Waals surface area (Å²) >= 11 is 3.07. The molecule has 6 aliphatic rings. The average molecular weight is 569 g/mol. The number of aliphatic carboxylic acids is 1. The highest BCUT2D eigenvalue weighted by atomic mass is 35.5. The molecular weight excluding hydrogens is 548 g/mol. The molecule has 1 fully saturated rings. The quantitative estimate of drug-likeness (QED) is 0.226. The van der Waals surface area contributed by atoms with Crippen molar-refractivity contribution in [1.29, 1.82) is 0 Å². The van der Waals surface area contributed by atoms with Crippen molar-refractivity contribution < 1.29 is 32.2 Å². The van der Waals surface area contributed by atoms with Gasteiger partial charge in [0.25, 0.3) is 11.5 Å². The summed E-state index contributed by atoms with van der Waals surface area (Å²) < 4.78 is 3.90. The van der Waals surface area contributed by atoms with Crippen LogP contribution in [0.2, 0.25) is 0 Å². The van der Waals surface area contributed by atoms with Crippen LogP contribution in [-0.4, -0.2) is 55.7 Å². The number of thioether (sulfide) groups is 2. The number of imidazole rings is 1. The molecule has 10 nitrogen and oxygen atoms in total. The number of nitrogens with one attached hydrogen (secondary N) is 1. The number of hydrogen-bond donors (Lipinski definition) is 4. The summed E-state index contributed by atoms with van der Waals surface area (Å²) in [5.74, 6) is -0.962. The van der Waals surface area contributed by atoms with Crippen molar-refractivity contribution in [2.45, 2.75) is 41.1 Å². The van der Waals surface area contributed by atoms with Crippen LogP contribution in [-0.2, 0) is 28.5 Å². The second-order valence-electron chi connectivity index (χ2n) is 10.1. The lowest BCUT2D eigenvalue weighted by Crippen LogP contribution is -3.00. The van der Waals surface area contributed by atoms with Crippen molar-refractivity contribution in [2.24, 2.45) is 17.8 Å². The number of nitrogens with two attached hydrogens (primary N) is 1. The number of nitrogens with zero attached hydrogens (tertiary/aromatic N) is 4. The molecule has 0 radical (unpaired) electrons. The maximum absolute atomic E-state index is 13.8. The number of phenolic OH excluding ortho intramolecular Hbond substituents is 1. The van der Waals surface area contributed by atoms with Crippen LogP contribution in [0.4, 0.5) is 11.4 Å². The van der Waals surface area contributed by atoms with Crippen LogP contribution < -0.4 is 38.6 Å². The summed E-state index contributed by atoms with van der Waals surface area (Å²) in [6.07, 6.45) is 6.84. The summed E-state index contributed by atoms with van der Waals surface area (Å²) in [4.78, 5) is 36.3. The molecule has 3 unspecified atom stereocenters. The SMILES string of the molecule is Cn1cnc(SC2=C3C(=O)C=C4SC5CC42c2c(c(O)c4c6c2=[N+]3CCC=6C=N4)N5)c1CC(N)C(=O)O.[Cl-]. The number of aromatic nitrogens is 2. The van der Waals surface area contributed by atoms with E-state index in [-0.39, 0.29) is 35.7 Å². The zero-order valence-corrected chi connectivity index (χ0v) is 22.4. The zero-order valence-electron chi connectivity index (χ0n) is 20.0. The second kappa shape index (κ2) is 7.75. The number of aryl methyl sites for hydroxylation is 1. The van der Waals surface area contributed by atoms with Gasteiger partial charge in [-0.1, -0.05) is 11.8 Å². The predicted octanol–water partition coefficient (Wildman–Crippen LogP) is -2.54. The molecular formula is C25H21ClN6O4S2. The summed E-state index contributed by atoms with van der Waals surface area (Å²) in [5, 5.41) is 26.9. The summed E-state index contributed by atoms with van der Waals surface area (Å²) in [6, 6.07) is -1.06. The van der Waals surface area contributed by atoms with Gasteiger partial charge in [-0.3, -0.25) is 14.6 Å². The number of anilines is 1. The third kappa shape index (κ3) is 2.73. The highest BCUT2D eigenvalue weighted by Gasteiger charge is 2.63. The number of fused-ring (bicyclic) bond motifs is 2. The Morgan fingerprint density at radius 2 is 2.29 bits per heavy atom. The number of hydrogen-bond acceptors (Lipinski definition) is 9. The van der Waals surface area contributed by atoms with E-state index in [1.807, 2.05) is 13.3 Å². The van der Waals surface area contributed by atoms with Crippen LogP contribution in [0.1, 0.15) is 24.1 Å². The first-order valence-corrected chi connectivity index (χ1v) is 13.7. The molecule has 5 N–H and O–H groups in total. The van der Waals surface area contributed by atoms with Crippen LogP contribution in [0.15, 0.2) is 37.9 Å². The fourth-order valence-electron chi connectivity index (χ4n) is 6.58. The third-order valence-corrected chi connectivity index (χ3v) is 10.8. The zero-order chi connectivity index (χ0) is 25.4. The number of carboxylic acids is 1. The maximum atomic E-state index is 13.8. The lowest BCUT2D eigenvalue weighted by Gasteiger charge is -2.41. The molecule has 2 aromatic rings. The van der Waals surface area contributed by atoms with E-state index >= 15 is 0 Å². The van der Waals surface area contributed by atoms with E-state index in [1.165, 1.54) is 11.8 Å². The Labute approximate surface area is 230 Å². The average Bonchev–Trinajstić information content (AvgIpc) is 3.52. The molecule has 0 amide bonds. The van der Waals surface area contributed by atoms with E-state index in [4.69, 9.17) is 5.73 Å². The third-order valence-electron chi connectivity index (χ3n) is 8.20. The van der Waals surface area contributed by atoms with Crippen LogP contribution in [0, 0.1) is 0 Å². The Morgan fingerprint density at radius 1 is 1.47 bits per heavy atom. The first kappa shape index (κ1) is 24.0. The minimum atomic E-state index is -1.08. The van der Waals surface area contributed by atoms with Crippen LogP contribution in [0.3, 0.4) is 0 Å². The van der Waals surface area contributed by atoms with E-state index < -0.39 is 17.4 Å². The molecule has 38 heavy (non-hydrogen) atoms. The molecule has 3 atom stereocenters. The number of carboxylic acid groups (broad SMARTS) is 1. The molecule has 8 rings (SSSR count). The summed E-state index contributed by atoms with van der Waals surface area (Å²) in [5.41, 5.74) is 10.0. The number of benzene rings is 1. The Hall–Kier alpha value is -3.06. The minimum absolute atomic E-state index is 0. The van der Waals surface area contributed by atoms with Crippen molar-refractivity contribution >= 4 is 58.4 Å². The van der Waals surface area contributed by atoms with Gasteiger partial charge in [-0.2, -0.15) is 4.58 Å². The number of carbonyl (C=O) groups excluding carboxylic acids is 1. The molecule has 1 aromatic carbocycles. The molecule has 6 heterocycles. The Morgan fingerprint density at radius 3 is 3.08 bits per heavy atom. The normalized spacial score (nSPS) is 25.4. The summed E-state index contributed by atoms with van der Waals surface area (Å²) in [7, 11) is 1.82. The van der Waals surface area contributed by atoms with Crippen molar-refractivity contribution in [3.8, 4) is 5.75 Å². The summed E-state index contributed by atoms with van der Waals surface area (Å²) in [6.45, 7) is 0.630. The number of carbonyl (C=O) groups is 2. The molecule has 1 aliphatic carbocycles. The van der Waals surface area contributed by atoms with Crippen LogP contribution in [0.25, 0.3) is 5.57 Å². The van der Waals surface area contributed by atoms with Gasteiger partial charge >= 0.3 is 5.97 Å². The minimum Gasteiger partial charge on any atom is -1.00 e. The molecule has 194 valence electrons. The van der Waals surface area contributed by atoms with Gasteiger partial charge in [-0.15, -0.1) is 11.8 Å². The standard InChI is InChI=1S/C25H20N6O4S2.ClH/c1-30-8-28-23(11(30)4-10(26)24(34)35)37-22-19-12(32)5-13-25(22)6-14(36-13)29-18-16(25)20-15-9(2-3-31(19)20)7-27-17(15)21(18)33;/h5,7-8,10,14H,2-4,6,26H2,1H3,(H2,27,29,33,34,35);1H. The fraction of sp³-hybridized carbons (Fsp3) is 0.320. The van der Waals surface area contributed by atoms with Gasteiger partial charge in [0.05, 0.1) is 44.2 Å². The molecule has 1 spiro atoms. The number of halogens is 1. The Balaban J connectivity index is 0.00000242. The molecule has 0 saturated carbocycles. The van der Waals surface area contributed by atoms with Crippen molar-refractivity contribution in [3.63, 3.8) is 0 Å². The van der Waals surface area contributed by atoms with E-state index in [1.54, 1.807) is 28.7 Å². The van der Waals surface area contributed by atoms with Gasteiger partial charge in [0, 0.05) is 37.1 Å². The number of aromatic hydroxyl groups is 1. The topological polar surface area (TPSA) is 146 Å². The number of allylic oxidation sites excluding steroid dienone is 3. The van der Waals surface area contributed by atoms with Gasteiger partial charge in [-0.05, 0) is 12.0 Å². The van der Waals surface area contributed by atoms with Gasteiger partial charge in [0.2, 0.25) is 5.36 Å². The number of rotatable bonds is 5. The van der Waals surface area contributed by atoms with E-state index in [0.29, 0.717) is 40.8 Å². The van der Waals surface area contributed by atoms with E-state index in [0.717, 1.165) is 37.9 Å². The highest BCUT2D eigenvalue weighted by molar-refractivity contribution is 8.05. The van der Waals surface area contributed by atoms with E-state index in [9.17, 15) is 19.8 Å². The second-order valence-corrected chi connectivity index (χ2v) is 12.4. The first-order chi connectivity index (χ1) is 17.8. The van der Waals surface area contributed by atoms with Gasteiger partial charge < -0.3 is 38.2 Å². The van der Waals surface area contributed by atoms with Crippen LogP contribution >= 0.6 is 23.5 Å². The lowest BCUT2D eigenvalue weighted by atomic mass is 9.68. The lowest BCUT2D eigenvalue weighted by molar-refractivity contribution is -0.138. The van der Waals surface area contributed by atoms with Gasteiger partial charge in [0.1, 0.15) is 16.8 Å². The number of phenols is 1. The Bertz CT molecular complexity index is 1780. The van der Waals surface area contributed by atoms with E-state index in [2.05, 4.69) is 19.9 Å². The van der Waals surface area contributed by atoms with Crippen molar-refractivity contribution in [1.82, 2.24) is 14.1 Å². The predicted molar refractivity (Wildman–Crippen MR) is 139 cm³/mol. The first-order valence-electron chi connectivity index (χ1n) is 12.0. The van der Waals surface area contributed by atoms with Crippen molar-refractivity contribution in [3.05, 3.63) is 49.7 Å². The smallest absolute Gasteiger partial charge is 0.320 e. The molecule has 13 heteroatoms. The Kier molecular flexibility index (Phi) is 4.90. The highest BCUT2D eigenvalue weighted by Crippen LogP contribution is 2.66. The molecule has 3 bridgehead atoms. The fourth-order valence-corrected chi connectivity index (χ4v) is 9.54. The molecule has 1 saturated heterocycles. The maximum Gasteiger partial charge on any atom is 0.320 e. The van der Waals surface area contributed by atoms with Crippen LogP contribution in [0.5, 0.6) is 5.75 Å². The molecule has 1 aromatic heterocycles. The number of aliphatic imine (C=N–C) groups is 1. The van der Waals surface area contributed by atoms with Gasteiger partial charge in [0.15, 0.2) is 12.3 Å². The van der Waals surface area contributed by atoms with Crippen molar-refractivity contribution in [2.75, 3.05) is 11.9 Å². The monoisotopic (exact) mass is 568 g/mol. The van der Waals surface area contributed by atoms with Gasteiger partial charge in [-0.25, -0.2) is 4.98 Å². The largest absolute Gasteiger partial charge is 1.00 e.